The van der Waals surface area contributed by atoms with Crippen molar-refractivity contribution in [2.75, 3.05) is 26.9 Å². The first-order valence-corrected chi connectivity index (χ1v) is 6.52. The van der Waals surface area contributed by atoms with E-state index in [0.717, 1.165) is 10.0 Å². The normalized spacial score (nSPS) is 10.2. The summed E-state index contributed by atoms with van der Waals surface area (Å²) in [5, 5.41) is 0. The Labute approximate surface area is 115 Å². The third-order valence-corrected chi connectivity index (χ3v) is 2.71. The lowest BCUT2D eigenvalue weighted by molar-refractivity contribution is -0.142. The van der Waals surface area contributed by atoms with E-state index in [9.17, 15) is 4.79 Å². The molecular formula is C13H17BrO4. The van der Waals surface area contributed by atoms with Crippen molar-refractivity contribution in [1.82, 2.24) is 0 Å². The summed E-state index contributed by atoms with van der Waals surface area (Å²) in [5.74, 6) is 0.422. The highest BCUT2D eigenvalue weighted by molar-refractivity contribution is 9.10. The number of carbonyl (C=O) groups excluding carboxylic acids is 1. The molecule has 1 rings (SSSR count). The topological polar surface area (TPSA) is 44.8 Å². The molecule has 0 amide bonds. The number of rotatable bonds is 7. The molecule has 0 aliphatic rings. The average molecular weight is 317 g/mol. The van der Waals surface area contributed by atoms with Crippen LogP contribution in [0.25, 0.3) is 0 Å². The third kappa shape index (κ3) is 5.06. The second-order valence-corrected chi connectivity index (χ2v) is 4.49. The second-order valence-electron chi connectivity index (χ2n) is 3.58. The summed E-state index contributed by atoms with van der Waals surface area (Å²) in [6.07, 6.45) is 0.212. The molecule has 0 heterocycles. The van der Waals surface area contributed by atoms with E-state index in [1.807, 2.05) is 18.2 Å². The fraction of sp³-hybridized carbons (Fsp3) is 0.462. The van der Waals surface area contributed by atoms with Crippen LogP contribution in [-0.2, 0) is 20.7 Å². The van der Waals surface area contributed by atoms with E-state index in [1.54, 1.807) is 14.0 Å². The molecule has 0 radical (unpaired) electrons. The van der Waals surface area contributed by atoms with E-state index in [0.29, 0.717) is 25.6 Å². The Morgan fingerprint density at radius 3 is 2.78 bits per heavy atom. The van der Waals surface area contributed by atoms with E-state index in [-0.39, 0.29) is 12.4 Å². The van der Waals surface area contributed by atoms with Gasteiger partial charge in [-0.25, -0.2) is 0 Å². The van der Waals surface area contributed by atoms with Gasteiger partial charge in [0.1, 0.15) is 12.4 Å². The van der Waals surface area contributed by atoms with Gasteiger partial charge in [-0.2, -0.15) is 0 Å². The van der Waals surface area contributed by atoms with Gasteiger partial charge in [-0.1, -0.05) is 22.0 Å². The zero-order chi connectivity index (χ0) is 13.4. The van der Waals surface area contributed by atoms with Crippen molar-refractivity contribution in [3.05, 3.63) is 28.2 Å². The lowest BCUT2D eigenvalue weighted by Crippen LogP contribution is -2.10. The Kier molecular flexibility index (Phi) is 6.75. The van der Waals surface area contributed by atoms with Gasteiger partial charge in [-0.05, 0) is 19.1 Å². The number of hydrogen-bond acceptors (Lipinski definition) is 4. The van der Waals surface area contributed by atoms with Crippen molar-refractivity contribution in [3.8, 4) is 5.75 Å². The number of methoxy groups -OCH3 is 1. The maximum Gasteiger partial charge on any atom is 0.310 e. The quantitative estimate of drug-likeness (QED) is 0.573. The van der Waals surface area contributed by atoms with Crippen LogP contribution in [0.2, 0.25) is 0 Å². The summed E-state index contributed by atoms with van der Waals surface area (Å²) in [6, 6.07) is 5.56. The highest BCUT2D eigenvalue weighted by Crippen LogP contribution is 2.24. The first-order valence-electron chi connectivity index (χ1n) is 5.73. The van der Waals surface area contributed by atoms with E-state index in [2.05, 4.69) is 15.9 Å². The maximum atomic E-state index is 11.5. The largest absolute Gasteiger partial charge is 0.491 e. The summed E-state index contributed by atoms with van der Waals surface area (Å²) >= 11 is 3.37. The predicted molar refractivity (Wildman–Crippen MR) is 71.9 cm³/mol. The van der Waals surface area contributed by atoms with E-state index < -0.39 is 0 Å². The van der Waals surface area contributed by atoms with Crippen molar-refractivity contribution in [3.63, 3.8) is 0 Å². The minimum absolute atomic E-state index is 0.212. The summed E-state index contributed by atoms with van der Waals surface area (Å²) < 4.78 is 16.3. The molecule has 0 saturated carbocycles. The Bertz CT molecular complexity index is 393. The second kappa shape index (κ2) is 8.11. The van der Waals surface area contributed by atoms with Crippen LogP contribution in [0.1, 0.15) is 12.5 Å². The molecule has 0 aliphatic carbocycles. The molecule has 0 aromatic heterocycles. The summed E-state index contributed by atoms with van der Waals surface area (Å²) in [6.45, 7) is 3.12. The van der Waals surface area contributed by atoms with Gasteiger partial charge in [-0.3, -0.25) is 4.79 Å². The number of carbonyl (C=O) groups is 1. The SMILES string of the molecule is CCOC(=O)Cc1ccc(Br)cc1OCCOC. The van der Waals surface area contributed by atoms with Crippen molar-refractivity contribution in [2.45, 2.75) is 13.3 Å². The molecule has 0 atom stereocenters. The lowest BCUT2D eigenvalue weighted by Gasteiger charge is -2.11. The molecule has 100 valence electrons. The minimum atomic E-state index is -0.253. The Morgan fingerprint density at radius 1 is 1.33 bits per heavy atom. The predicted octanol–water partition coefficient (Wildman–Crippen LogP) is 2.58. The molecule has 0 fully saturated rings. The van der Waals surface area contributed by atoms with Crippen LogP contribution in [0.5, 0.6) is 5.75 Å². The Morgan fingerprint density at radius 2 is 2.11 bits per heavy atom. The van der Waals surface area contributed by atoms with Crippen molar-refractivity contribution >= 4 is 21.9 Å². The molecular weight excluding hydrogens is 300 g/mol. The smallest absolute Gasteiger partial charge is 0.310 e. The molecule has 0 aliphatic heterocycles. The fourth-order valence-corrected chi connectivity index (χ4v) is 1.75. The van der Waals surface area contributed by atoms with Crippen LogP contribution in [-0.4, -0.2) is 32.9 Å². The van der Waals surface area contributed by atoms with Crippen molar-refractivity contribution in [2.24, 2.45) is 0 Å². The van der Waals surface area contributed by atoms with Gasteiger partial charge in [0.05, 0.1) is 19.6 Å². The summed E-state index contributed by atoms with van der Waals surface area (Å²) in [7, 11) is 1.61. The maximum absolute atomic E-state index is 11.5. The average Bonchev–Trinajstić information content (AvgIpc) is 2.33. The van der Waals surface area contributed by atoms with Crippen LogP contribution < -0.4 is 4.74 Å². The number of hydrogen-bond donors (Lipinski definition) is 0. The molecule has 0 bridgehead atoms. The number of halogens is 1. The van der Waals surface area contributed by atoms with Crippen LogP contribution in [0.3, 0.4) is 0 Å². The lowest BCUT2D eigenvalue weighted by atomic mass is 10.1. The molecule has 18 heavy (non-hydrogen) atoms. The summed E-state index contributed by atoms with van der Waals surface area (Å²) in [5.41, 5.74) is 0.813. The van der Waals surface area contributed by atoms with Crippen LogP contribution in [0, 0.1) is 0 Å². The zero-order valence-electron chi connectivity index (χ0n) is 10.6. The van der Waals surface area contributed by atoms with Gasteiger partial charge in [0.15, 0.2) is 0 Å². The molecule has 0 N–H and O–H groups in total. The van der Waals surface area contributed by atoms with Gasteiger partial charge < -0.3 is 14.2 Å². The van der Waals surface area contributed by atoms with Gasteiger partial charge >= 0.3 is 5.97 Å². The number of esters is 1. The monoisotopic (exact) mass is 316 g/mol. The van der Waals surface area contributed by atoms with Gasteiger partial charge in [-0.15, -0.1) is 0 Å². The van der Waals surface area contributed by atoms with Gasteiger partial charge in [0.25, 0.3) is 0 Å². The molecule has 5 heteroatoms. The van der Waals surface area contributed by atoms with E-state index in [4.69, 9.17) is 14.2 Å². The molecule has 1 aromatic carbocycles. The highest BCUT2D eigenvalue weighted by Gasteiger charge is 2.10. The third-order valence-electron chi connectivity index (χ3n) is 2.21. The molecule has 1 aromatic rings. The first kappa shape index (κ1) is 15.0. The Hall–Kier alpha value is -1.07. The van der Waals surface area contributed by atoms with E-state index in [1.165, 1.54) is 0 Å². The van der Waals surface area contributed by atoms with Crippen LogP contribution in [0.15, 0.2) is 22.7 Å². The standard InChI is InChI=1S/C13H17BrO4/c1-3-17-13(15)8-10-4-5-11(14)9-12(10)18-7-6-16-2/h4-5,9H,3,6-8H2,1-2H3. The van der Waals surface area contributed by atoms with Crippen molar-refractivity contribution < 1.29 is 19.0 Å². The zero-order valence-corrected chi connectivity index (χ0v) is 12.2. The van der Waals surface area contributed by atoms with Gasteiger partial charge in [0.2, 0.25) is 0 Å². The van der Waals surface area contributed by atoms with Crippen LogP contribution in [0.4, 0.5) is 0 Å². The molecule has 0 unspecified atom stereocenters. The summed E-state index contributed by atoms with van der Waals surface area (Å²) in [4.78, 5) is 11.5. The number of ether oxygens (including phenoxy) is 3. The fourth-order valence-electron chi connectivity index (χ4n) is 1.41. The Balaban J connectivity index is 2.72. The molecule has 0 saturated heterocycles. The van der Waals surface area contributed by atoms with E-state index >= 15 is 0 Å². The van der Waals surface area contributed by atoms with Crippen molar-refractivity contribution in [1.29, 1.82) is 0 Å². The molecule has 4 nitrogen and oxygen atoms in total. The van der Waals surface area contributed by atoms with Crippen LogP contribution >= 0.6 is 15.9 Å². The first-order chi connectivity index (χ1) is 8.67. The number of benzene rings is 1. The molecule has 0 spiro atoms. The van der Waals surface area contributed by atoms with Gasteiger partial charge in [0, 0.05) is 17.1 Å². The highest BCUT2D eigenvalue weighted by atomic mass is 79.9. The minimum Gasteiger partial charge on any atom is -0.491 e.